The van der Waals surface area contributed by atoms with Gasteiger partial charge in [0.25, 0.3) is 5.91 Å². The van der Waals surface area contributed by atoms with Crippen LogP contribution in [0.25, 0.3) is 0 Å². The van der Waals surface area contributed by atoms with Gasteiger partial charge in [-0.3, -0.25) is 19.7 Å². The summed E-state index contributed by atoms with van der Waals surface area (Å²) in [6.45, 7) is 1.29. The van der Waals surface area contributed by atoms with Gasteiger partial charge in [-0.1, -0.05) is 0 Å². The van der Waals surface area contributed by atoms with Crippen molar-refractivity contribution in [2.45, 2.75) is 13.0 Å². The second-order valence-electron chi connectivity index (χ2n) is 6.00. The van der Waals surface area contributed by atoms with E-state index in [9.17, 15) is 4.79 Å². The first-order valence-electron chi connectivity index (χ1n) is 8.44. The smallest absolute Gasteiger partial charge is 0.255 e. The number of nitrogens with one attached hydrogen (secondary N) is 1. The first kappa shape index (κ1) is 17.5. The van der Waals surface area contributed by atoms with Gasteiger partial charge in [-0.15, -0.1) is 0 Å². The Morgan fingerprint density at radius 3 is 2.31 bits per heavy atom. The van der Waals surface area contributed by atoms with E-state index in [0.717, 1.165) is 23.2 Å². The van der Waals surface area contributed by atoms with Gasteiger partial charge in [-0.25, -0.2) is 0 Å². The van der Waals surface area contributed by atoms with Gasteiger partial charge >= 0.3 is 0 Å². The SMILES string of the molecule is CN(CCc1ccncc1)C(=O)c1cncc(NCc2ccncc2)c1. The molecule has 26 heavy (non-hydrogen) atoms. The van der Waals surface area contributed by atoms with Crippen molar-refractivity contribution in [1.82, 2.24) is 19.9 Å². The van der Waals surface area contributed by atoms with Crippen molar-refractivity contribution in [3.63, 3.8) is 0 Å². The van der Waals surface area contributed by atoms with Crippen molar-refractivity contribution < 1.29 is 4.79 Å². The molecule has 6 heteroatoms. The molecule has 3 aromatic heterocycles. The van der Waals surface area contributed by atoms with Crippen LogP contribution in [0.4, 0.5) is 5.69 Å². The molecule has 0 aliphatic carbocycles. The molecule has 0 saturated carbocycles. The zero-order valence-corrected chi connectivity index (χ0v) is 14.7. The van der Waals surface area contributed by atoms with Crippen molar-refractivity contribution in [3.05, 3.63) is 84.2 Å². The minimum atomic E-state index is -0.0425. The van der Waals surface area contributed by atoms with Gasteiger partial charge in [0.2, 0.25) is 0 Å². The normalized spacial score (nSPS) is 10.3. The molecule has 0 aliphatic rings. The lowest BCUT2D eigenvalue weighted by molar-refractivity contribution is 0.0796. The van der Waals surface area contributed by atoms with Crippen LogP contribution in [-0.2, 0) is 13.0 Å². The van der Waals surface area contributed by atoms with E-state index >= 15 is 0 Å². The molecule has 0 radical (unpaired) electrons. The monoisotopic (exact) mass is 347 g/mol. The third-order valence-corrected chi connectivity index (χ3v) is 4.06. The summed E-state index contributed by atoms with van der Waals surface area (Å²) in [5, 5.41) is 3.29. The van der Waals surface area contributed by atoms with E-state index in [1.54, 1.807) is 49.1 Å². The number of nitrogens with zero attached hydrogens (tertiary/aromatic N) is 4. The predicted octanol–water partition coefficient (Wildman–Crippen LogP) is 2.80. The number of anilines is 1. The molecule has 0 unspecified atom stereocenters. The summed E-state index contributed by atoms with van der Waals surface area (Å²) in [5.41, 5.74) is 3.66. The molecule has 3 aromatic rings. The first-order valence-corrected chi connectivity index (χ1v) is 8.44. The number of carbonyl (C=O) groups excluding carboxylic acids is 1. The van der Waals surface area contributed by atoms with Gasteiger partial charge in [0.05, 0.1) is 11.3 Å². The summed E-state index contributed by atoms with van der Waals surface area (Å²) in [6.07, 6.45) is 11.1. The van der Waals surface area contributed by atoms with Crippen LogP contribution in [0.5, 0.6) is 0 Å². The summed E-state index contributed by atoms with van der Waals surface area (Å²) in [4.78, 5) is 26.5. The average Bonchev–Trinajstić information content (AvgIpc) is 2.71. The maximum Gasteiger partial charge on any atom is 0.255 e. The second-order valence-corrected chi connectivity index (χ2v) is 6.00. The summed E-state index contributed by atoms with van der Waals surface area (Å²) < 4.78 is 0. The van der Waals surface area contributed by atoms with E-state index in [-0.39, 0.29) is 5.91 Å². The van der Waals surface area contributed by atoms with E-state index in [2.05, 4.69) is 20.3 Å². The number of hydrogen-bond donors (Lipinski definition) is 1. The minimum absolute atomic E-state index is 0.0425. The molecule has 132 valence electrons. The Kier molecular flexibility index (Phi) is 5.88. The fourth-order valence-corrected chi connectivity index (χ4v) is 2.53. The Balaban J connectivity index is 1.58. The standard InChI is InChI=1S/C20H21N5O/c1-25(11-6-16-2-7-21-8-3-16)20(26)18-12-19(15-23-14-18)24-13-17-4-9-22-10-5-17/h2-5,7-10,12,14-15,24H,6,11,13H2,1H3. The Morgan fingerprint density at radius 1 is 0.962 bits per heavy atom. The Bertz CT molecular complexity index is 839. The third kappa shape index (κ3) is 4.86. The number of amides is 1. The molecule has 0 fully saturated rings. The molecule has 0 spiro atoms. The fourth-order valence-electron chi connectivity index (χ4n) is 2.53. The molecular formula is C20H21N5O. The lowest BCUT2D eigenvalue weighted by Gasteiger charge is -2.17. The van der Waals surface area contributed by atoms with Crippen molar-refractivity contribution >= 4 is 11.6 Å². The molecule has 6 nitrogen and oxygen atoms in total. The lowest BCUT2D eigenvalue weighted by Crippen LogP contribution is -2.29. The van der Waals surface area contributed by atoms with Crippen LogP contribution in [0, 0.1) is 0 Å². The van der Waals surface area contributed by atoms with E-state index in [1.807, 2.05) is 30.3 Å². The number of pyridine rings is 3. The van der Waals surface area contributed by atoms with Gasteiger partial charge < -0.3 is 10.2 Å². The van der Waals surface area contributed by atoms with Crippen molar-refractivity contribution in [2.75, 3.05) is 18.9 Å². The molecule has 0 atom stereocenters. The first-order chi connectivity index (χ1) is 12.7. The molecule has 1 amide bonds. The van der Waals surface area contributed by atoms with Gasteiger partial charge in [-0.05, 0) is 47.9 Å². The maximum absolute atomic E-state index is 12.6. The highest BCUT2D eigenvalue weighted by molar-refractivity contribution is 5.94. The van der Waals surface area contributed by atoms with E-state index < -0.39 is 0 Å². The molecule has 3 rings (SSSR count). The van der Waals surface area contributed by atoms with Gasteiger partial charge in [0, 0.05) is 57.3 Å². The molecular weight excluding hydrogens is 326 g/mol. The summed E-state index contributed by atoms with van der Waals surface area (Å²) in [6, 6.07) is 9.65. The van der Waals surface area contributed by atoms with Crippen LogP contribution < -0.4 is 5.32 Å². The number of likely N-dealkylation sites (N-methyl/N-ethyl adjacent to an activating group) is 1. The molecule has 3 heterocycles. The second kappa shape index (κ2) is 8.71. The minimum Gasteiger partial charge on any atom is -0.380 e. The third-order valence-electron chi connectivity index (χ3n) is 4.06. The number of carbonyl (C=O) groups is 1. The molecule has 1 N–H and O–H groups in total. The molecule has 0 aromatic carbocycles. The summed E-state index contributed by atoms with van der Waals surface area (Å²) >= 11 is 0. The van der Waals surface area contributed by atoms with Crippen LogP contribution >= 0.6 is 0 Å². The van der Waals surface area contributed by atoms with Gasteiger partial charge in [0.1, 0.15) is 0 Å². The summed E-state index contributed by atoms with van der Waals surface area (Å²) in [5.74, 6) is -0.0425. The highest BCUT2D eigenvalue weighted by atomic mass is 16.2. The number of rotatable bonds is 7. The Morgan fingerprint density at radius 2 is 1.62 bits per heavy atom. The van der Waals surface area contributed by atoms with Crippen LogP contribution in [0.15, 0.2) is 67.5 Å². The number of aromatic nitrogens is 3. The number of hydrogen-bond acceptors (Lipinski definition) is 5. The Hall–Kier alpha value is -3.28. The fraction of sp³-hybridized carbons (Fsp3) is 0.200. The van der Waals surface area contributed by atoms with Crippen molar-refractivity contribution in [3.8, 4) is 0 Å². The largest absolute Gasteiger partial charge is 0.380 e. The average molecular weight is 347 g/mol. The van der Waals surface area contributed by atoms with Gasteiger partial charge in [0.15, 0.2) is 0 Å². The predicted molar refractivity (Wildman–Crippen MR) is 101 cm³/mol. The molecule has 0 saturated heterocycles. The quantitative estimate of drug-likeness (QED) is 0.712. The van der Waals surface area contributed by atoms with E-state index in [0.29, 0.717) is 18.7 Å². The lowest BCUT2D eigenvalue weighted by atomic mass is 10.2. The molecule has 0 aliphatic heterocycles. The van der Waals surface area contributed by atoms with Gasteiger partial charge in [-0.2, -0.15) is 0 Å². The maximum atomic E-state index is 12.6. The van der Waals surface area contributed by atoms with E-state index in [4.69, 9.17) is 0 Å². The van der Waals surface area contributed by atoms with Crippen molar-refractivity contribution in [2.24, 2.45) is 0 Å². The zero-order chi connectivity index (χ0) is 18.2. The van der Waals surface area contributed by atoms with Crippen LogP contribution in [0.2, 0.25) is 0 Å². The zero-order valence-electron chi connectivity index (χ0n) is 14.7. The van der Waals surface area contributed by atoms with Crippen molar-refractivity contribution in [1.29, 1.82) is 0 Å². The van der Waals surface area contributed by atoms with Crippen LogP contribution in [0.3, 0.4) is 0 Å². The highest BCUT2D eigenvalue weighted by Gasteiger charge is 2.12. The Labute approximate surface area is 153 Å². The van der Waals surface area contributed by atoms with Crippen LogP contribution in [-0.4, -0.2) is 39.4 Å². The highest BCUT2D eigenvalue weighted by Crippen LogP contribution is 2.12. The van der Waals surface area contributed by atoms with E-state index in [1.165, 1.54) is 0 Å². The van der Waals surface area contributed by atoms with Crippen LogP contribution in [0.1, 0.15) is 21.5 Å². The topological polar surface area (TPSA) is 71.0 Å². The summed E-state index contributed by atoms with van der Waals surface area (Å²) in [7, 11) is 1.81. The molecule has 0 bridgehead atoms.